The number of aliphatic hydroxyl groups excluding tert-OH is 1. The van der Waals surface area contributed by atoms with Crippen molar-refractivity contribution >= 4 is 11.9 Å². The maximum Gasteiger partial charge on any atom is 0.311 e. The van der Waals surface area contributed by atoms with Crippen LogP contribution in [0.2, 0.25) is 0 Å². The highest BCUT2D eigenvalue weighted by atomic mass is 16.5. The van der Waals surface area contributed by atoms with Gasteiger partial charge in [0.1, 0.15) is 0 Å². The van der Waals surface area contributed by atoms with Crippen LogP contribution in [0.25, 0.3) is 0 Å². The summed E-state index contributed by atoms with van der Waals surface area (Å²) in [5.41, 5.74) is -0.759. The Morgan fingerprint density at radius 1 is 1.47 bits per heavy atom. The first-order valence-electron chi connectivity index (χ1n) is 6.62. The average molecular weight is 274 g/mol. The number of ether oxygens (including phenoxy) is 2. The molecule has 1 heterocycles. The molecule has 1 aliphatic rings. The smallest absolute Gasteiger partial charge is 0.311 e. The van der Waals surface area contributed by atoms with Crippen LogP contribution in [0.1, 0.15) is 47.5 Å². The van der Waals surface area contributed by atoms with Gasteiger partial charge in [-0.05, 0) is 47.5 Å². The lowest BCUT2D eigenvalue weighted by Gasteiger charge is -2.20. The maximum atomic E-state index is 11.1. The normalized spacial score (nSPS) is 17.3. The third kappa shape index (κ3) is 6.05. The highest BCUT2D eigenvalue weighted by Gasteiger charge is 2.34. The molecule has 112 valence electrons. The minimum Gasteiger partial charge on any atom is -0.466 e. The Hall–Kier alpha value is -1.10. The lowest BCUT2D eigenvalue weighted by molar-refractivity contribution is -0.154. The molecule has 0 bridgehead atoms. The fourth-order valence-corrected chi connectivity index (χ4v) is 1.40. The molecular weight excluding hydrogens is 248 g/mol. The average Bonchev–Trinajstić information content (AvgIpc) is 2.58. The molecule has 0 aliphatic carbocycles. The summed E-state index contributed by atoms with van der Waals surface area (Å²) in [5, 5.41) is 8.61. The number of hydrogen-bond acceptors (Lipinski definition) is 5. The first kappa shape index (κ1) is 17.9. The van der Waals surface area contributed by atoms with E-state index in [1.54, 1.807) is 20.8 Å². The van der Waals surface area contributed by atoms with Crippen molar-refractivity contribution in [2.75, 3.05) is 19.8 Å². The van der Waals surface area contributed by atoms with E-state index in [0.29, 0.717) is 19.6 Å². The standard InChI is InChI=1S/C8H16O3.C6H10O2/c1-4-11-7(10)8(2,3)5-6-9;1-6(2)3-4-8-5(6)7/h9H,4-6H2,1-3H3;3-4H2,1-2H3. The van der Waals surface area contributed by atoms with Gasteiger partial charge in [-0.2, -0.15) is 0 Å². The predicted octanol–water partition coefficient (Wildman–Crippen LogP) is 1.92. The summed E-state index contributed by atoms with van der Waals surface area (Å²) >= 11 is 0. The fourth-order valence-electron chi connectivity index (χ4n) is 1.40. The first-order chi connectivity index (χ1) is 8.67. The second kappa shape index (κ2) is 7.48. The number of aliphatic hydroxyl groups is 1. The fraction of sp³-hybridized carbons (Fsp3) is 0.857. The molecule has 19 heavy (non-hydrogen) atoms. The van der Waals surface area contributed by atoms with Gasteiger partial charge in [0.2, 0.25) is 0 Å². The summed E-state index contributed by atoms with van der Waals surface area (Å²) in [6.07, 6.45) is 1.32. The van der Waals surface area contributed by atoms with E-state index in [-0.39, 0.29) is 24.0 Å². The van der Waals surface area contributed by atoms with Gasteiger partial charge in [-0.3, -0.25) is 9.59 Å². The van der Waals surface area contributed by atoms with Gasteiger partial charge in [0.05, 0.1) is 24.0 Å². The largest absolute Gasteiger partial charge is 0.466 e. The summed E-state index contributed by atoms with van der Waals surface area (Å²) in [7, 11) is 0. The molecule has 0 spiro atoms. The third-order valence-corrected chi connectivity index (χ3v) is 3.08. The zero-order valence-corrected chi connectivity index (χ0v) is 12.6. The zero-order chi connectivity index (χ0) is 15.1. The van der Waals surface area contributed by atoms with Gasteiger partial charge in [-0.1, -0.05) is 0 Å². The molecule has 0 atom stereocenters. The van der Waals surface area contributed by atoms with Crippen molar-refractivity contribution in [2.45, 2.75) is 47.5 Å². The van der Waals surface area contributed by atoms with E-state index in [4.69, 9.17) is 14.6 Å². The summed E-state index contributed by atoms with van der Waals surface area (Å²) in [5.74, 6) is -0.299. The molecule has 0 amide bonds. The number of cyclic esters (lactones) is 1. The minimum absolute atomic E-state index is 0.0197. The molecule has 0 aromatic heterocycles. The van der Waals surface area contributed by atoms with Gasteiger partial charge >= 0.3 is 11.9 Å². The molecule has 1 aliphatic heterocycles. The highest BCUT2D eigenvalue weighted by Crippen LogP contribution is 2.27. The van der Waals surface area contributed by atoms with Crippen LogP contribution >= 0.6 is 0 Å². The lowest BCUT2D eigenvalue weighted by atomic mass is 9.90. The van der Waals surface area contributed by atoms with Gasteiger partial charge in [0.15, 0.2) is 0 Å². The number of hydrogen-bond donors (Lipinski definition) is 1. The van der Waals surface area contributed by atoms with Gasteiger partial charge in [-0.25, -0.2) is 0 Å². The van der Waals surface area contributed by atoms with Crippen molar-refractivity contribution in [1.29, 1.82) is 0 Å². The second-order valence-electron chi connectivity index (χ2n) is 5.85. The molecular formula is C14H26O5. The van der Waals surface area contributed by atoms with Crippen LogP contribution in [0.5, 0.6) is 0 Å². The van der Waals surface area contributed by atoms with Crippen molar-refractivity contribution in [3.8, 4) is 0 Å². The van der Waals surface area contributed by atoms with Crippen molar-refractivity contribution in [3.63, 3.8) is 0 Å². The third-order valence-electron chi connectivity index (χ3n) is 3.08. The molecule has 1 saturated heterocycles. The number of carbonyl (C=O) groups excluding carboxylic acids is 2. The Bertz CT molecular complexity index is 307. The summed E-state index contributed by atoms with van der Waals surface area (Å²) < 4.78 is 9.54. The van der Waals surface area contributed by atoms with E-state index < -0.39 is 5.41 Å². The summed E-state index contributed by atoms with van der Waals surface area (Å²) in [4.78, 5) is 21.8. The van der Waals surface area contributed by atoms with E-state index in [0.717, 1.165) is 6.42 Å². The zero-order valence-electron chi connectivity index (χ0n) is 12.6. The molecule has 5 heteroatoms. The SMILES string of the molecule is CC1(C)CCOC1=O.CCOC(=O)C(C)(C)CCO. The molecule has 1 fully saturated rings. The Balaban J connectivity index is 0.000000356. The van der Waals surface area contributed by atoms with Crippen molar-refractivity contribution in [2.24, 2.45) is 10.8 Å². The van der Waals surface area contributed by atoms with E-state index in [1.165, 1.54) is 0 Å². The monoisotopic (exact) mass is 274 g/mol. The molecule has 5 nitrogen and oxygen atoms in total. The molecule has 0 aromatic rings. The minimum atomic E-state index is -0.551. The molecule has 0 aromatic carbocycles. The highest BCUT2D eigenvalue weighted by molar-refractivity contribution is 5.77. The maximum absolute atomic E-state index is 11.1. The number of esters is 2. The van der Waals surface area contributed by atoms with Crippen LogP contribution in [0.4, 0.5) is 0 Å². The summed E-state index contributed by atoms with van der Waals surface area (Å²) in [6.45, 7) is 10.1. The van der Waals surface area contributed by atoms with Crippen LogP contribution in [-0.4, -0.2) is 36.9 Å². The van der Waals surface area contributed by atoms with Gasteiger partial charge in [0.25, 0.3) is 0 Å². The quantitative estimate of drug-likeness (QED) is 0.793. The molecule has 0 radical (unpaired) electrons. The summed E-state index contributed by atoms with van der Waals surface area (Å²) in [6, 6.07) is 0. The van der Waals surface area contributed by atoms with Crippen LogP contribution < -0.4 is 0 Å². The van der Waals surface area contributed by atoms with E-state index >= 15 is 0 Å². The van der Waals surface area contributed by atoms with E-state index in [1.807, 2.05) is 13.8 Å². The Morgan fingerprint density at radius 2 is 2.05 bits per heavy atom. The first-order valence-corrected chi connectivity index (χ1v) is 6.62. The van der Waals surface area contributed by atoms with Crippen molar-refractivity contribution < 1.29 is 24.2 Å². The molecule has 0 saturated carbocycles. The van der Waals surface area contributed by atoms with Crippen molar-refractivity contribution in [3.05, 3.63) is 0 Å². The predicted molar refractivity (Wildman–Crippen MR) is 71.5 cm³/mol. The van der Waals surface area contributed by atoms with E-state index in [9.17, 15) is 9.59 Å². The molecule has 1 rings (SSSR count). The van der Waals surface area contributed by atoms with Gasteiger partial charge in [0, 0.05) is 6.61 Å². The van der Waals surface area contributed by atoms with Crippen LogP contribution in [0, 0.1) is 10.8 Å². The van der Waals surface area contributed by atoms with Crippen LogP contribution in [0.15, 0.2) is 0 Å². The Kier molecular flexibility index (Phi) is 7.05. The van der Waals surface area contributed by atoms with Crippen LogP contribution in [0.3, 0.4) is 0 Å². The lowest BCUT2D eigenvalue weighted by Crippen LogP contribution is -2.27. The van der Waals surface area contributed by atoms with Crippen LogP contribution in [-0.2, 0) is 19.1 Å². The molecule has 0 unspecified atom stereocenters. The van der Waals surface area contributed by atoms with E-state index in [2.05, 4.69) is 0 Å². The number of rotatable bonds is 4. The molecule has 1 N–H and O–H groups in total. The number of carbonyl (C=O) groups is 2. The van der Waals surface area contributed by atoms with Gasteiger partial charge < -0.3 is 14.6 Å². The van der Waals surface area contributed by atoms with Crippen molar-refractivity contribution in [1.82, 2.24) is 0 Å². The Labute approximate surface area is 115 Å². The second-order valence-corrected chi connectivity index (χ2v) is 5.85. The topological polar surface area (TPSA) is 72.8 Å². The Morgan fingerprint density at radius 3 is 2.32 bits per heavy atom. The van der Waals surface area contributed by atoms with Gasteiger partial charge in [-0.15, -0.1) is 0 Å².